The van der Waals surface area contributed by atoms with Gasteiger partial charge in [0.2, 0.25) is 0 Å². The van der Waals surface area contributed by atoms with Crippen LogP contribution in [-0.4, -0.2) is 45.5 Å². The lowest BCUT2D eigenvalue weighted by atomic mass is 9.95. The summed E-state index contributed by atoms with van der Waals surface area (Å²) in [5, 5.41) is 0. The van der Waals surface area contributed by atoms with Crippen LogP contribution in [0.15, 0.2) is 63.5 Å². The van der Waals surface area contributed by atoms with Crippen LogP contribution in [0, 0.1) is 0 Å². The summed E-state index contributed by atoms with van der Waals surface area (Å²) in [5.41, 5.74) is 3.14. The maximum absolute atomic E-state index is 13.8. The van der Waals surface area contributed by atoms with E-state index >= 15 is 0 Å². The van der Waals surface area contributed by atoms with Gasteiger partial charge in [-0.25, -0.2) is 9.79 Å². The highest BCUT2D eigenvalue weighted by Crippen LogP contribution is 2.33. The Morgan fingerprint density at radius 1 is 1.14 bits per heavy atom. The molecule has 36 heavy (non-hydrogen) atoms. The predicted molar refractivity (Wildman–Crippen MR) is 141 cm³/mol. The molecule has 2 heterocycles. The van der Waals surface area contributed by atoms with Gasteiger partial charge in [0.1, 0.15) is 0 Å². The molecule has 1 aromatic heterocycles. The van der Waals surface area contributed by atoms with Crippen LogP contribution in [0.4, 0.5) is 5.69 Å². The number of hydrogen-bond acceptors (Lipinski definition) is 8. The van der Waals surface area contributed by atoms with Gasteiger partial charge in [0.05, 0.1) is 42.7 Å². The first-order valence-electron chi connectivity index (χ1n) is 11.5. The van der Waals surface area contributed by atoms with Gasteiger partial charge in [0.15, 0.2) is 16.3 Å². The fraction of sp³-hybridized carbons (Fsp3) is 0.296. The van der Waals surface area contributed by atoms with Gasteiger partial charge in [-0.2, -0.15) is 0 Å². The second-order valence-electron chi connectivity index (χ2n) is 8.37. The van der Waals surface area contributed by atoms with Crippen molar-refractivity contribution in [2.45, 2.75) is 19.9 Å². The number of carbonyl (C=O) groups excluding carboxylic acids is 1. The molecule has 0 N–H and O–H groups in total. The van der Waals surface area contributed by atoms with E-state index in [-0.39, 0.29) is 12.2 Å². The van der Waals surface area contributed by atoms with E-state index in [1.807, 2.05) is 55.4 Å². The van der Waals surface area contributed by atoms with Crippen molar-refractivity contribution in [1.82, 2.24) is 4.57 Å². The number of para-hydroxylation sites is 1. The van der Waals surface area contributed by atoms with Crippen LogP contribution in [0.2, 0.25) is 0 Å². The topological polar surface area (TPSA) is 82.4 Å². The number of methoxy groups -OCH3 is 2. The molecular formula is C27H29N3O5S. The number of anilines is 1. The van der Waals surface area contributed by atoms with Crippen LogP contribution in [0.5, 0.6) is 11.5 Å². The van der Waals surface area contributed by atoms with Crippen molar-refractivity contribution < 1.29 is 19.0 Å². The largest absolute Gasteiger partial charge is 0.493 e. The Kier molecular flexibility index (Phi) is 7.30. The number of hydrogen-bond donors (Lipinski definition) is 0. The average Bonchev–Trinajstić information content (AvgIpc) is 3.17. The molecule has 3 aromatic rings. The van der Waals surface area contributed by atoms with Gasteiger partial charge in [-0.05, 0) is 43.7 Å². The minimum atomic E-state index is -0.661. The number of allylic oxidation sites excluding steroid dienone is 1. The number of carbonyl (C=O) groups is 1. The molecule has 0 spiro atoms. The van der Waals surface area contributed by atoms with Gasteiger partial charge in [-0.1, -0.05) is 35.6 Å². The zero-order valence-electron chi connectivity index (χ0n) is 21.2. The maximum Gasteiger partial charge on any atom is 0.338 e. The number of nitrogens with zero attached hydrogens (tertiary/aromatic N) is 3. The Morgan fingerprint density at radius 3 is 2.47 bits per heavy atom. The Hall–Kier alpha value is -3.85. The minimum absolute atomic E-state index is 0.224. The fourth-order valence-electron chi connectivity index (χ4n) is 4.23. The molecule has 0 aliphatic carbocycles. The lowest BCUT2D eigenvalue weighted by Gasteiger charge is -2.25. The molecule has 4 rings (SSSR count). The lowest BCUT2D eigenvalue weighted by molar-refractivity contribution is -0.139. The summed E-state index contributed by atoms with van der Waals surface area (Å²) in [6.45, 7) is 3.75. The van der Waals surface area contributed by atoms with E-state index in [9.17, 15) is 9.59 Å². The zero-order chi connectivity index (χ0) is 26.0. The Labute approximate surface area is 213 Å². The molecular weight excluding hydrogens is 478 g/mol. The second kappa shape index (κ2) is 10.4. The van der Waals surface area contributed by atoms with Crippen LogP contribution >= 0.6 is 11.3 Å². The molecule has 9 heteroatoms. The molecule has 8 nitrogen and oxygen atoms in total. The highest BCUT2D eigenvalue weighted by molar-refractivity contribution is 7.07. The predicted octanol–water partition coefficient (Wildman–Crippen LogP) is 2.88. The highest BCUT2D eigenvalue weighted by Gasteiger charge is 2.33. The van der Waals surface area contributed by atoms with Crippen LogP contribution in [-0.2, 0) is 9.53 Å². The van der Waals surface area contributed by atoms with E-state index in [0.717, 1.165) is 11.3 Å². The molecule has 188 valence electrons. The van der Waals surface area contributed by atoms with Gasteiger partial charge in [0.25, 0.3) is 5.56 Å². The fourth-order valence-corrected chi connectivity index (χ4v) is 5.27. The zero-order valence-corrected chi connectivity index (χ0v) is 22.0. The van der Waals surface area contributed by atoms with Gasteiger partial charge < -0.3 is 19.1 Å². The van der Waals surface area contributed by atoms with Crippen molar-refractivity contribution in [2.24, 2.45) is 4.99 Å². The molecule has 0 bridgehead atoms. The Morgan fingerprint density at radius 2 is 1.86 bits per heavy atom. The molecule has 0 amide bonds. The van der Waals surface area contributed by atoms with Crippen LogP contribution in [0.3, 0.4) is 0 Å². The average molecular weight is 508 g/mol. The summed E-state index contributed by atoms with van der Waals surface area (Å²) in [5.74, 6) is 0.618. The number of fused-ring (bicyclic) bond motifs is 1. The molecule has 1 aliphatic heterocycles. The molecule has 1 atom stereocenters. The number of thiazole rings is 1. The first kappa shape index (κ1) is 25.2. The van der Waals surface area contributed by atoms with Crippen molar-refractivity contribution in [3.63, 3.8) is 0 Å². The van der Waals surface area contributed by atoms with Crippen molar-refractivity contribution in [3.05, 3.63) is 84.5 Å². The summed E-state index contributed by atoms with van der Waals surface area (Å²) in [7, 11) is 7.04. The maximum atomic E-state index is 13.8. The summed E-state index contributed by atoms with van der Waals surface area (Å²) in [6.07, 6.45) is 1.76. The van der Waals surface area contributed by atoms with E-state index in [4.69, 9.17) is 14.2 Å². The third-order valence-corrected chi connectivity index (χ3v) is 6.95. The van der Waals surface area contributed by atoms with Crippen molar-refractivity contribution in [2.75, 3.05) is 39.8 Å². The number of esters is 1. The summed E-state index contributed by atoms with van der Waals surface area (Å²) < 4.78 is 18.3. The highest BCUT2D eigenvalue weighted by atomic mass is 32.1. The molecule has 0 saturated carbocycles. The normalized spacial score (nSPS) is 15.3. The van der Waals surface area contributed by atoms with Gasteiger partial charge >= 0.3 is 5.97 Å². The lowest BCUT2D eigenvalue weighted by Crippen LogP contribution is -2.40. The molecule has 2 aromatic carbocycles. The van der Waals surface area contributed by atoms with E-state index in [2.05, 4.69) is 4.99 Å². The van der Waals surface area contributed by atoms with Crippen LogP contribution in [0.25, 0.3) is 6.08 Å². The second-order valence-corrected chi connectivity index (χ2v) is 9.38. The third kappa shape index (κ3) is 4.54. The summed E-state index contributed by atoms with van der Waals surface area (Å²) >= 11 is 1.26. The monoisotopic (exact) mass is 507 g/mol. The number of ether oxygens (including phenoxy) is 3. The Balaban J connectivity index is 1.95. The standard InChI is InChI=1S/C27H29N3O5S/c1-7-35-26(32)22-16(2)28-27-30(23(22)17-11-13-19(14-12-17)29(3)4)25(31)21(36-27)15-18-9-8-10-20(33-5)24(18)34-6/h8-15,23H,7H2,1-6H3/b21-15+. The van der Waals surface area contributed by atoms with Crippen LogP contribution < -0.4 is 29.3 Å². The quantitative estimate of drug-likeness (QED) is 0.458. The first-order valence-corrected chi connectivity index (χ1v) is 12.3. The van der Waals surface area contributed by atoms with E-state index in [1.165, 1.54) is 11.3 Å². The number of benzene rings is 2. The smallest absolute Gasteiger partial charge is 0.338 e. The molecule has 1 unspecified atom stereocenters. The summed E-state index contributed by atoms with van der Waals surface area (Å²) in [6, 6.07) is 12.6. The van der Waals surface area contributed by atoms with E-state index < -0.39 is 12.0 Å². The molecule has 1 aliphatic rings. The van der Waals surface area contributed by atoms with Crippen molar-refractivity contribution >= 4 is 29.1 Å². The summed E-state index contributed by atoms with van der Waals surface area (Å²) in [4.78, 5) is 34.0. The number of rotatable bonds is 7. The minimum Gasteiger partial charge on any atom is -0.493 e. The molecule has 0 radical (unpaired) electrons. The van der Waals surface area contributed by atoms with E-state index in [1.54, 1.807) is 44.8 Å². The van der Waals surface area contributed by atoms with E-state index in [0.29, 0.717) is 37.7 Å². The van der Waals surface area contributed by atoms with Gasteiger partial charge in [-0.3, -0.25) is 9.36 Å². The molecule has 0 fully saturated rings. The first-order chi connectivity index (χ1) is 17.3. The van der Waals surface area contributed by atoms with Gasteiger partial charge in [0, 0.05) is 25.3 Å². The SMILES string of the molecule is CCOC(=O)C1=C(C)N=c2s/c(=C/c3cccc(OC)c3OC)c(=O)n2C1c1ccc(N(C)C)cc1. The Bertz CT molecular complexity index is 1500. The van der Waals surface area contributed by atoms with Crippen molar-refractivity contribution in [1.29, 1.82) is 0 Å². The van der Waals surface area contributed by atoms with Gasteiger partial charge in [-0.15, -0.1) is 0 Å². The molecule has 0 saturated heterocycles. The van der Waals surface area contributed by atoms with Crippen molar-refractivity contribution in [3.8, 4) is 11.5 Å². The third-order valence-electron chi connectivity index (χ3n) is 5.96. The number of aromatic nitrogens is 1. The van der Waals surface area contributed by atoms with Crippen LogP contribution in [0.1, 0.15) is 31.0 Å².